The molecule has 1 unspecified atom stereocenters. The van der Waals surface area contributed by atoms with E-state index in [4.69, 9.17) is 4.74 Å². The van der Waals surface area contributed by atoms with Crippen LogP contribution in [0.1, 0.15) is 22.3 Å². The van der Waals surface area contributed by atoms with Crippen LogP contribution < -0.4 is 4.74 Å². The summed E-state index contributed by atoms with van der Waals surface area (Å²) in [5.41, 5.74) is 1.73. The fourth-order valence-corrected chi connectivity index (χ4v) is 3.27. The molecule has 1 aromatic heterocycles. The van der Waals surface area contributed by atoms with Crippen molar-refractivity contribution < 1.29 is 13.9 Å². The number of hydrogen-bond donors (Lipinski definition) is 0. The summed E-state index contributed by atoms with van der Waals surface area (Å²) in [6.07, 6.45) is 2.39. The second-order valence-electron chi connectivity index (χ2n) is 6.57. The minimum atomic E-state index is -0.357. The van der Waals surface area contributed by atoms with Crippen molar-refractivity contribution in [2.75, 3.05) is 13.1 Å². The molecule has 2 aromatic carbocycles. The maximum atomic E-state index is 13.7. The summed E-state index contributed by atoms with van der Waals surface area (Å²) in [4.78, 5) is 18.7. The molecule has 3 aromatic rings. The molecular formula is C21H19FN2O2. The predicted octanol–water partition coefficient (Wildman–Crippen LogP) is 3.98. The highest BCUT2D eigenvalue weighted by atomic mass is 19.1. The van der Waals surface area contributed by atoms with Crippen LogP contribution in [0.15, 0.2) is 54.7 Å². The minimum absolute atomic E-state index is 0.0955. The van der Waals surface area contributed by atoms with E-state index in [1.807, 2.05) is 30.3 Å². The Hall–Kier alpha value is -2.95. The van der Waals surface area contributed by atoms with Gasteiger partial charge in [-0.1, -0.05) is 24.3 Å². The molecule has 0 saturated carbocycles. The quantitative estimate of drug-likeness (QED) is 0.718. The first-order valence-corrected chi connectivity index (χ1v) is 8.67. The van der Waals surface area contributed by atoms with Crippen LogP contribution >= 0.6 is 0 Å². The number of ether oxygens (including phenoxy) is 1. The van der Waals surface area contributed by atoms with Gasteiger partial charge in [-0.15, -0.1) is 0 Å². The lowest BCUT2D eigenvalue weighted by Crippen LogP contribution is -2.31. The van der Waals surface area contributed by atoms with Gasteiger partial charge in [-0.25, -0.2) is 4.39 Å². The number of rotatable bonds is 3. The highest BCUT2D eigenvalue weighted by molar-refractivity contribution is 5.94. The van der Waals surface area contributed by atoms with Gasteiger partial charge in [-0.2, -0.15) is 0 Å². The number of aryl methyl sites for hydroxylation is 1. The molecule has 4 nitrogen and oxygen atoms in total. The van der Waals surface area contributed by atoms with Crippen molar-refractivity contribution in [3.05, 3.63) is 71.7 Å². The van der Waals surface area contributed by atoms with Crippen molar-refractivity contribution in [1.82, 2.24) is 9.88 Å². The van der Waals surface area contributed by atoms with Crippen LogP contribution in [0.25, 0.3) is 10.9 Å². The number of likely N-dealkylation sites (tertiary alicyclic amines) is 1. The molecule has 0 radical (unpaired) electrons. The van der Waals surface area contributed by atoms with Crippen LogP contribution in [-0.4, -0.2) is 35.0 Å². The highest BCUT2D eigenvalue weighted by Gasteiger charge is 2.29. The van der Waals surface area contributed by atoms with Crippen LogP contribution in [0.3, 0.4) is 0 Å². The summed E-state index contributed by atoms with van der Waals surface area (Å²) in [6.45, 7) is 2.76. The number of fused-ring (bicyclic) bond motifs is 1. The molecule has 4 rings (SSSR count). The number of hydrogen-bond acceptors (Lipinski definition) is 3. The lowest BCUT2D eigenvalue weighted by atomic mass is 10.1. The van der Waals surface area contributed by atoms with Gasteiger partial charge in [0.15, 0.2) is 0 Å². The molecule has 0 aliphatic carbocycles. The lowest BCUT2D eigenvalue weighted by molar-refractivity contribution is 0.0772. The summed E-state index contributed by atoms with van der Waals surface area (Å²) in [5.74, 6) is 0.208. The van der Waals surface area contributed by atoms with Crippen molar-refractivity contribution in [2.24, 2.45) is 0 Å². The molecule has 1 fully saturated rings. The van der Waals surface area contributed by atoms with E-state index in [1.165, 1.54) is 6.07 Å². The Balaban J connectivity index is 1.48. The van der Waals surface area contributed by atoms with E-state index in [1.54, 1.807) is 30.2 Å². The molecule has 1 amide bonds. The van der Waals surface area contributed by atoms with Crippen molar-refractivity contribution in [3.63, 3.8) is 0 Å². The largest absolute Gasteiger partial charge is 0.486 e. The molecule has 5 heteroatoms. The molecule has 1 aliphatic heterocycles. The zero-order valence-corrected chi connectivity index (χ0v) is 14.5. The Morgan fingerprint density at radius 3 is 2.92 bits per heavy atom. The first-order valence-electron chi connectivity index (χ1n) is 8.67. The number of nitrogens with zero attached hydrogens (tertiary/aromatic N) is 2. The van der Waals surface area contributed by atoms with Gasteiger partial charge in [0.2, 0.25) is 0 Å². The van der Waals surface area contributed by atoms with E-state index in [0.717, 1.165) is 23.1 Å². The topological polar surface area (TPSA) is 42.4 Å². The summed E-state index contributed by atoms with van der Waals surface area (Å²) >= 11 is 0. The second kappa shape index (κ2) is 6.75. The maximum Gasteiger partial charge on any atom is 0.254 e. The van der Waals surface area contributed by atoms with E-state index in [0.29, 0.717) is 24.2 Å². The number of amides is 1. The Labute approximate surface area is 151 Å². The zero-order valence-electron chi connectivity index (χ0n) is 14.5. The summed E-state index contributed by atoms with van der Waals surface area (Å²) < 4.78 is 19.9. The Morgan fingerprint density at radius 2 is 2.08 bits per heavy atom. The number of para-hydroxylation sites is 1. The maximum absolute atomic E-state index is 13.7. The Bertz CT molecular complexity index is 968. The van der Waals surface area contributed by atoms with Gasteiger partial charge in [-0.3, -0.25) is 9.78 Å². The van der Waals surface area contributed by atoms with Crippen LogP contribution in [0.4, 0.5) is 4.39 Å². The monoisotopic (exact) mass is 350 g/mol. The predicted molar refractivity (Wildman–Crippen MR) is 97.8 cm³/mol. The van der Waals surface area contributed by atoms with Crippen LogP contribution in [0.2, 0.25) is 0 Å². The van der Waals surface area contributed by atoms with Gasteiger partial charge in [0.05, 0.1) is 6.54 Å². The fraction of sp³-hybridized carbons (Fsp3) is 0.238. The molecule has 1 saturated heterocycles. The van der Waals surface area contributed by atoms with E-state index in [2.05, 4.69) is 4.98 Å². The number of carbonyl (C=O) groups is 1. The number of halogens is 1. The Kier molecular flexibility index (Phi) is 4.29. The van der Waals surface area contributed by atoms with E-state index in [-0.39, 0.29) is 17.8 Å². The smallest absolute Gasteiger partial charge is 0.254 e. The molecule has 26 heavy (non-hydrogen) atoms. The van der Waals surface area contributed by atoms with Crippen molar-refractivity contribution in [2.45, 2.75) is 19.4 Å². The summed E-state index contributed by atoms with van der Waals surface area (Å²) in [6, 6.07) is 14.3. The first kappa shape index (κ1) is 16.5. The Morgan fingerprint density at radius 1 is 1.23 bits per heavy atom. The van der Waals surface area contributed by atoms with E-state index < -0.39 is 0 Å². The van der Waals surface area contributed by atoms with Gasteiger partial charge in [0.1, 0.15) is 23.2 Å². The normalized spacial score (nSPS) is 16.8. The molecule has 2 heterocycles. The van der Waals surface area contributed by atoms with Crippen molar-refractivity contribution >= 4 is 16.8 Å². The molecular weight excluding hydrogens is 331 g/mol. The molecule has 0 bridgehead atoms. The third kappa shape index (κ3) is 3.12. The third-order valence-electron chi connectivity index (χ3n) is 4.74. The lowest BCUT2D eigenvalue weighted by Gasteiger charge is -2.18. The van der Waals surface area contributed by atoms with Crippen LogP contribution in [-0.2, 0) is 0 Å². The number of carbonyl (C=O) groups excluding carboxylic acids is 1. The standard InChI is InChI=1S/C21H19FN2O2/c1-14-7-8-16(12-18(14)22)21(25)24-11-9-17(13-24)26-19-6-2-4-15-5-3-10-23-20(15)19/h2-8,10,12,17H,9,11,13H2,1H3. The van der Waals surface area contributed by atoms with Crippen molar-refractivity contribution in [3.8, 4) is 5.75 Å². The zero-order chi connectivity index (χ0) is 18.1. The molecule has 132 valence electrons. The third-order valence-corrected chi connectivity index (χ3v) is 4.74. The highest BCUT2D eigenvalue weighted by Crippen LogP contribution is 2.26. The van der Waals surface area contributed by atoms with Gasteiger partial charge >= 0.3 is 0 Å². The number of aromatic nitrogens is 1. The molecule has 0 N–H and O–H groups in total. The summed E-state index contributed by atoms with van der Waals surface area (Å²) in [7, 11) is 0. The average Bonchev–Trinajstić information content (AvgIpc) is 3.12. The van der Waals surface area contributed by atoms with Gasteiger partial charge < -0.3 is 9.64 Å². The van der Waals surface area contributed by atoms with E-state index in [9.17, 15) is 9.18 Å². The van der Waals surface area contributed by atoms with Gasteiger partial charge in [0, 0.05) is 30.1 Å². The van der Waals surface area contributed by atoms with Crippen LogP contribution in [0.5, 0.6) is 5.75 Å². The van der Waals surface area contributed by atoms with Crippen molar-refractivity contribution in [1.29, 1.82) is 0 Å². The molecule has 1 aliphatic rings. The van der Waals surface area contributed by atoms with Crippen LogP contribution in [0, 0.1) is 12.7 Å². The van der Waals surface area contributed by atoms with Gasteiger partial charge in [0.25, 0.3) is 5.91 Å². The van der Waals surface area contributed by atoms with Gasteiger partial charge in [-0.05, 0) is 36.8 Å². The number of benzene rings is 2. The minimum Gasteiger partial charge on any atom is -0.486 e. The number of pyridine rings is 1. The SMILES string of the molecule is Cc1ccc(C(=O)N2CCC(Oc3cccc4cccnc34)C2)cc1F. The fourth-order valence-electron chi connectivity index (χ4n) is 3.27. The summed E-state index contributed by atoms with van der Waals surface area (Å²) in [5, 5.41) is 1.02. The molecule has 0 spiro atoms. The molecule has 1 atom stereocenters. The average molecular weight is 350 g/mol. The first-order chi connectivity index (χ1) is 12.6. The second-order valence-corrected chi connectivity index (χ2v) is 6.57. The van der Waals surface area contributed by atoms with E-state index >= 15 is 0 Å².